The molecule has 28 heavy (non-hydrogen) atoms. The van der Waals surface area contributed by atoms with E-state index in [0.717, 1.165) is 5.39 Å². The zero-order chi connectivity index (χ0) is 20.2. The molecule has 5 amide bonds. The number of furan rings is 1. The van der Waals surface area contributed by atoms with Gasteiger partial charge in [-0.05, 0) is 31.2 Å². The summed E-state index contributed by atoms with van der Waals surface area (Å²) in [5.41, 5.74) is 0.677. The Morgan fingerprint density at radius 3 is 2.79 bits per heavy atom. The first-order chi connectivity index (χ1) is 13.3. The van der Waals surface area contributed by atoms with Crippen LogP contribution in [0.25, 0.3) is 11.0 Å². The Labute approximate surface area is 166 Å². The number of amides is 5. The van der Waals surface area contributed by atoms with Crippen molar-refractivity contribution in [3.05, 3.63) is 35.0 Å². The Morgan fingerprint density at radius 1 is 1.29 bits per heavy atom. The first kappa shape index (κ1) is 18.4. The summed E-state index contributed by atoms with van der Waals surface area (Å²) in [6.07, 6.45) is -1.00. The van der Waals surface area contributed by atoms with Crippen molar-refractivity contribution >= 4 is 40.5 Å². The SMILES string of the molecule is CC(NC(=O)CN1C(=O)NC2C1N(C)C(=O)N2C)c1cc2cc(Cl)ccc2o1. The topological polar surface area (TPSA) is 98.1 Å². The molecule has 2 fully saturated rings. The summed E-state index contributed by atoms with van der Waals surface area (Å²) in [7, 11) is 3.22. The number of carbonyl (C=O) groups excluding carboxylic acids is 3. The van der Waals surface area contributed by atoms with Gasteiger partial charge in [0, 0.05) is 24.5 Å². The van der Waals surface area contributed by atoms with Crippen molar-refractivity contribution in [1.29, 1.82) is 0 Å². The van der Waals surface area contributed by atoms with Gasteiger partial charge in [-0.1, -0.05) is 11.6 Å². The lowest BCUT2D eigenvalue weighted by Gasteiger charge is -2.26. The van der Waals surface area contributed by atoms with E-state index in [2.05, 4.69) is 10.6 Å². The predicted octanol–water partition coefficient (Wildman–Crippen LogP) is 1.94. The normalized spacial score (nSPS) is 22.6. The lowest BCUT2D eigenvalue weighted by Crippen LogP contribution is -2.48. The van der Waals surface area contributed by atoms with Gasteiger partial charge < -0.3 is 24.9 Å². The zero-order valence-electron chi connectivity index (χ0n) is 15.6. The molecule has 9 nitrogen and oxygen atoms in total. The number of nitrogens with one attached hydrogen (secondary N) is 2. The summed E-state index contributed by atoms with van der Waals surface area (Å²) >= 11 is 5.99. The van der Waals surface area contributed by atoms with Crippen LogP contribution in [0.5, 0.6) is 0 Å². The maximum absolute atomic E-state index is 12.5. The fourth-order valence-electron chi connectivity index (χ4n) is 3.70. The van der Waals surface area contributed by atoms with E-state index in [9.17, 15) is 14.4 Å². The van der Waals surface area contributed by atoms with Crippen LogP contribution < -0.4 is 10.6 Å². The number of fused-ring (bicyclic) bond motifs is 2. The largest absolute Gasteiger partial charge is 0.459 e. The van der Waals surface area contributed by atoms with Crippen LogP contribution in [-0.4, -0.2) is 65.6 Å². The second-order valence-electron chi connectivity index (χ2n) is 7.06. The maximum atomic E-state index is 12.5. The highest BCUT2D eigenvalue weighted by Crippen LogP contribution is 2.28. The standard InChI is InChI=1S/C18H20ClN5O4/c1-9(13-7-10-6-11(19)4-5-12(10)28-13)20-14(25)8-24-16-15(21-17(24)26)22(2)18(27)23(16)3/h4-7,9,15-16H,8H2,1-3H3,(H,20,25)(H,21,26). The highest BCUT2D eigenvalue weighted by molar-refractivity contribution is 6.31. The molecule has 0 radical (unpaired) electrons. The van der Waals surface area contributed by atoms with Crippen molar-refractivity contribution in [1.82, 2.24) is 25.3 Å². The third-order valence-corrected chi connectivity index (χ3v) is 5.40. The van der Waals surface area contributed by atoms with Gasteiger partial charge in [-0.3, -0.25) is 9.69 Å². The van der Waals surface area contributed by atoms with Crippen LogP contribution in [0.4, 0.5) is 9.59 Å². The van der Waals surface area contributed by atoms with E-state index in [1.165, 1.54) is 14.7 Å². The number of hydrogen-bond donors (Lipinski definition) is 2. The van der Waals surface area contributed by atoms with Crippen LogP contribution in [0.2, 0.25) is 5.02 Å². The molecule has 1 aromatic heterocycles. The van der Waals surface area contributed by atoms with E-state index in [0.29, 0.717) is 16.4 Å². The van der Waals surface area contributed by atoms with E-state index >= 15 is 0 Å². The van der Waals surface area contributed by atoms with Crippen LogP contribution >= 0.6 is 11.6 Å². The van der Waals surface area contributed by atoms with Crippen molar-refractivity contribution in [3.63, 3.8) is 0 Å². The molecule has 0 saturated carbocycles. The molecule has 3 atom stereocenters. The molecule has 148 valence electrons. The molecule has 2 aliphatic rings. The molecule has 0 bridgehead atoms. The third kappa shape index (κ3) is 2.91. The summed E-state index contributed by atoms with van der Waals surface area (Å²) in [6.45, 7) is 1.62. The van der Waals surface area contributed by atoms with Gasteiger partial charge in [-0.15, -0.1) is 0 Å². The molecule has 2 aliphatic heterocycles. The molecule has 2 N–H and O–H groups in total. The minimum Gasteiger partial charge on any atom is -0.459 e. The molecule has 3 unspecified atom stereocenters. The molecular weight excluding hydrogens is 386 g/mol. The van der Waals surface area contributed by atoms with Crippen LogP contribution in [0.15, 0.2) is 28.7 Å². The molecule has 4 rings (SSSR count). The van der Waals surface area contributed by atoms with E-state index in [1.54, 1.807) is 39.2 Å². The summed E-state index contributed by atoms with van der Waals surface area (Å²) in [6, 6.07) is 6.12. The second kappa shape index (κ2) is 6.59. The number of halogens is 1. The van der Waals surface area contributed by atoms with Crippen LogP contribution in [0, 0.1) is 0 Å². The van der Waals surface area contributed by atoms with Gasteiger partial charge in [0.2, 0.25) is 5.91 Å². The monoisotopic (exact) mass is 405 g/mol. The lowest BCUT2D eigenvalue weighted by atomic mass is 10.2. The summed E-state index contributed by atoms with van der Waals surface area (Å²) < 4.78 is 5.77. The molecule has 0 spiro atoms. The highest BCUT2D eigenvalue weighted by Gasteiger charge is 2.52. The van der Waals surface area contributed by atoms with Crippen molar-refractivity contribution in [2.24, 2.45) is 0 Å². The van der Waals surface area contributed by atoms with Gasteiger partial charge in [-0.25, -0.2) is 9.59 Å². The first-order valence-corrected chi connectivity index (χ1v) is 9.19. The average molecular weight is 406 g/mol. The minimum absolute atomic E-state index is 0.172. The van der Waals surface area contributed by atoms with Gasteiger partial charge in [0.25, 0.3) is 0 Å². The average Bonchev–Trinajstić information content (AvgIpc) is 3.26. The number of carbonyl (C=O) groups is 3. The Hall–Kier alpha value is -2.94. The Morgan fingerprint density at radius 2 is 2.04 bits per heavy atom. The van der Waals surface area contributed by atoms with Crippen LogP contribution in [0.1, 0.15) is 18.7 Å². The molecule has 2 saturated heterocycles. The van der Waals surface area contributed by atoms with Gasteiger partial charge in [0.1, 0.15) is 30.2 Å². The Kier molecular flexibility index (Phi) is 4.34. The van der Waals surface area contributed by atoms with Crippen molar-refractivity contribution in [2.75, 3.05) is 20.6 Å². The second-order valence-corrected chi connectivity index (χ2v) is 7.50. The fraction of sp³-hybridized carbons (Fsp3) is 0.389. The van der Waals surface area contributed by atoms with E-state index < -0.39 is 18.4 Å². The maximum Gasteiger partial charge on any atom is 0.323 e. The van der Waals surface area contributed by atoms with Crippen LogP contribution in [0.3, 0.4) is 0 Å². The summed E-state index contributed by atoms with van der Waals surface area (Å²) in [4.78, 5) is 41.1. The van der Waals surface area contributed by atoms with E-state index in [1.807, 2.05) is 6.07 Å². The van der Waals surface area contributed by atoms with Gasteiger partial charge in [-0.2, -0.15) is 0 Å². The number of benzene rings is 1. The molecule has 10 heteroatoms. The third-order valence-electron chi connectivity index (χ3n) is 5.17. The predicted molar refractivity (Wildman–Crippen MR) is 102 cm³/mol. The van der Waals surface area contributed by atoms with Crippen molar-refractivity contribution in [2.45, 2.75) is 25.3 Å². The summed E-state index contributed by atoms with van der Waals surface area (Å²) in [5, 5.41) is 7.01. The Balaban J connectivity index is 1.44. The molecule has 0 aliphatic carbocycles. The smallest absolute Gasteiger partial charge is 0.323 e. The summed E-state index contributed by atoms with van der Waals surface area (Å²) in [5.74, 6) is 0.236. The fourth-order valence-corrected chi connectivity index (χ4v) is 3.88. The number of rotatable bonds is 4. The molecule has 1 aromatic carbocycles. The van der Waals surface area contributed by atoms with Gasteiger partial charge in [0.05, 0.1) is 6.04 Å². The molecular formula is C18H20ClN5O4. The number of likely N-dealkylation sites (N-methyl/N-ethyl adjacent to an activating group) is 2. The molecule has 2 aromatic rings. The van der Waals surface area contributed by atoms with Gasteiger partial charge in [0.15, 0.2) is 0 Å². The lowest BCUT2D eigenvalue weighted by molar-refractivity contribution is -0.123. The quantitative estimate of drug-likeness (QED) is 0.812. The Bertz CT molecular complexity index is 976. The zero-order valence-corrected chi connectivity index (χ0v) is 16.4. The molecule has 3 heterocycles. The first-order valence-electron chi connectivity index (χ1n) is 8.81. The highest BCUT2D eigenvalue weighted by atomic mass is 35.5. The number of nitrogens with zero attached hydrogens (tertiary/aromatic N) is 3. The van der Waals surface area contributed by atoms with E-state index in [4.69, 9.17) is 16.0 Å². The van der Waals surface area contributed by atoms with Crippen LogP contribution in [-0.2, 0) is 4.79 Å². The minimum atomic E-state index is -0.528. The van der Waals surface area contributed by atoms with Crippen molar-refractivity contribution in [3.8, 4) is 0 Å². The van der Waals surface area contributed by atoms with E-state index in [-0.39, 0.29) is 24.5 Å². The number of urea groups is 2. The van der Waals surface area contributed by atoms with Gasteiger partial charge >= 0.3 is 12.1 Å². The van der Waals surface area contributed by atoms with Crippen molar-refractivity contribution < 1.29 is 18.8 Å². The number of hydrogen-bond acceptors (Lipinski definition) is 4.